The number of nitrogens with zero attached hydrogens (tertiary/aromatic N) is 2. The molecular formula is C11H15ClN4O. The Bertz CT molecular complexity index is 479. The summed E-state index contributed by atoms with van der Waals surface area (Å²) in [5.74, 6) is 5.56. The summed E-state index contributed by atoms with van der Waals surface area (Å²) in [6, 6.07) is 1.59. The van der Waals surface area contributed by atoms with Gasteiger partial charge in [-0.05, 0) is 24.1 Å². The number of hydrogen-bond donors (Lipinski definition) is 2. The zero-order valence-corrected chi connectivity index (χ0v) is 10.3. The van der Waals surface area contributed by atoms with E-state index in [1.807, 2.05) is 10.9 Å². The average molecular weight is 255 g/mol. The molecule has 2 aromatic heterocycles. The monoisotopic (exact) mass is 254 g/mol. The molecule has 0 saturated heterocycles. The van der Waals surface area contributed by atoms with Crippen LogP contribution in [-0.2, 0) is 6.54 Å². The van der Waals surface area contributed by atoms with Crippen LogP contribution in [0.4, 0.5) is 0 Å². The second-order valence-corrected chi connectivity index (χ2v) is 4.13. The van der Waals surface area contributed by atoms with Crippen LogP contribution in [0.3, 0.4) is 0 Å². The Labute approximate surface area is 105 Å². The van der Waals surface area contributed by atoms with Crippen molar-refractivity contribution in [2.45, 2.75) is 25.9 Å². The molecular weight excluding hydrogens is 240 g/mol. The van der Waals surface area contributed by atoms with E-state index in [4.69, 9.17) is 21.9 Å². The highest BCUT2D eigenvalue weighted by molar-refractivity contribution is 6.29. The lowest BCUT2D eigenvalue weighted by Gasteiger charge is -2.12. The van der Waals surface area contributed by atoms with Gasteiger partial charge < -0.3 is 4.42 Å². The van der Waals surface area contributed by atoms with Gasteiger partial charge in [0.1, 0.15) is 0 Å². The van der Waals surface area contributed by atoms with Crippen LogP contribution in [0.5, 0.6) is 0 Å². The van der Waals surface area contributed by atoms with E-state index in [-0.39, 0.29) is 6.04 Å². The molecule has 5 nitrogen and oxygen atoms in total. The van der Waals surface area contributed by atoms with Gasteiger partial charge in [-0.1, -0.05) is 6.92 Å². The lowest BCUT2D eigenvalue weighted by atomic mass is 10.1. The third-order valence-corrected chi connectivity index (χ3v) is 2.87. The number of rotatable bonds is 5. The lowest BCUT2D eigenvalue weighted by molar-refractivity contribution is 0.555. The van der Waals surface area contributed by atoms with Crippen molar-refractivity contribution in [3.63, 3.8) is 0 Å². The van der Waals surface area contributed by atoms with Crippen molar-refractivity contribution in [3.8, 4) is 0 Å². The fraction of sp³-hybridized carbons (Fsp3) is 0.364. The summed E-state index contributed by atoms with van der Waals surface area (Å²) >= 11 is 5.94. The van der Waals surface area contributed by atoms with Crippen LogP contribution in [0.25, 0.3) is 0 Å². The summed E-state index contributed by atoms with van der Waals surface area (Å²) in [5.41, 5.74) is 4.49. The van der Waals surface area contributed by atoms with E-state index in [1.165, 1.54) is 0 Å². The zero-order valence-electron chi connectivity index (χ0n) is 9.56. The molecule has 0 aliphatic heterocycles. The highest BCUT2D eigenvalue weighted by atomic mass is 35.5. The highest BCUT2D eigenvalue weighted by Gasteiger charge is 2.19. The van der Waals surface area contributed by atoms with E-state index < -0.39 is 0 Å². The van der Waals surface area contributed by atoms with E-state index in [2.05, 4.69) is 17.4 Å². The van der Waals surface area contributed by atoms with Crippen molar-refractivity contribution in [1.29, 1.82) is 0 Å². The molecule has 0 aliphatic rings. The molecule has 0 aliphatic carbocycles. The number of hydrogen-bond acceptors (Lipinski definition) is 4. The van der Waals surface area contributed by atoms with Crippen LogP contribution in [0.2, 0.25) is 5.22 Å². The Morgan fingerprint density at radius 2 is 2.47 bits per heavy atom. The second-order valence-electron chi connectivity index (χ2n) is 3.79. The van der Waals surface area contributed by atoms with Gasteiger partial charge in [0.2, 0.25) is 0 Å². The molecule has 92 valence electrons. The SMILES string of the molecule is CCCn1cc(C(NN)c2ccoc2Cl)cn1. The average Bonchev–Trinajstić information content (AvgIpc) is 2.92. The topological polar surface area (TPSA) is 69.0 Å². The minimum atomic E-state index is -0.202. The van der Waals surface area contributed by atoms with Gasteiger partial charge in [0.05, 0.1) is 18.5 Å². The Kier molecular flexibility index (Phi) is 3.83. The largest absolute Gasteiger partial charge is 0.453 e. The maximum Gasteiger partial charge on any atom is 0.198 e. The van der Waals surface area contributed by atoms with Gasteiger partial charge in [0, 0.05) is 23.9 Å². The first-order chi connectivity index (χ1) is 8.26. The molecule has 17 heavy (non-hydrogen) atoms. The molecule has 0 fully saturated rings. The quantitative estimate of drug-likeness (QED) is 0.633. The lowest BCUT2D eigenvalue weighted by Crippen LogP contribution is -2.28. The van der Waals surface area contributed by atoms with Crippen LogP contribution < -0.4 is 11.3 Å². The first-order valence-corrected chi connectivity index (χ1v) is 5.85. The van der Waals surface area contributed by atoms with E-state index in [0.29, 0.717) is 5.22 Å². The first kappa shape index (κ1) is 12.2. The van der Waals surface area contributed by atoms with Crippen molar-refractivity contribution in [3.05, 3.63) is 41.1 Å². The first-order valence-electron chi connectivity index (χ1n) is 5.47. The molecule has 1 atom stereocenters. The molecule has 0 radical (unpaired) electrons. The Balaban J connectivity index is 2.26. The van der Waals surface area contributed by atoms with Gasteiger partial charge in [-0.25, -0.2) is 5.43 Å². The van der Waals surface area contributed by atoms with Crippen LogP contribution in [0, 0.1) is 0 Å². The molecule has 2 rings (SSSR count). The smallest absolute Gasteiger partial charge is 0.198 e. The second kappa shape index (κ2) is 5.35. The molecule has 2 heterocycles. The molecule has 0 saturated carbocycles. The minimum Gasteiger partial charge on any atom is -0.453 e. The van der Waals surface area contributed by atoms with Gasteiger partial charge in [-0.2, -0.15) is 5.10 Å². The highest BCUT2D eigenvalue weighted by Crippen LogP contribution is 2.28. The van der Waals surface area contributed by atoms with E-state index in [1.54, 1.807) is 18.5 Å². The summed E-state index contributed by atoms with van der Waals surface area (Å²) in [6.07, 6.45) is 6.31. The summed E-state index contributed by atoms with van der Waals surface area (Å²) in [7, 11) is 0. The molecule has 1 unspecified atom stereocenters. The summed E-state index contributed by atoms with van der Waals surface area (Å²) in [4.78, 5) is 0. The third kappa shape index (κ3) is 2.52. The molecule has 2 aromatic rings. The fourth-order valence-electron chi connectivity index (χ4n) is 1.76. The predicted molar refractivity (Wildman–Crippen MR) is 65.4 cm³/mol. The fourth-order valence-corrected chi connectivity index (χ4v) is 1.98. The van der Waals surface area contributed by atoms with Crippen LogP contribution in [-0.4, -0.2) is 9.78 Å². The number of hydrazine groups is 1. The zero-order chi connectivity index (χ0) is 12.3. The van der Waals surface area contributed by atoms with Gasteiger partial charge in [0.25, 0.3) is 0 Å². The summed E-state index contributed by atoms with van der Waals surface area (Å²) < 4.78 is 6.95. The number of halogens is 1. The summed E-state index contributed by atoms with van der Waals surface area (Å²) in [6.45, 7) is 2.99. The standard InChI is InChI=1S/C11H15ClN4O/c1-2-4-16-7-8(6-14-16)10(15-13)9-3-5-17-11(9)12/h3,5-7,10,15H,2,4,13H2,1H3. The maximum absolute atomic E-state index is 5.94. The molecule has 0 bridgehead atoms. The van der Waals surface area contributed by atoms with Crippen LogP contribution in [0.1, 0.15) is 30.5 Å². The Hall–Kier alpha value is -1.30. The van der Waals surface area contributed by atoms with Crippen LogP contribution >= 0.6 is 11.6 Å². The number of furan rings is 1. The number of nitrogens with two attached hydrogens (primary N) is 1. The molecule has 6 heteroatoms. The van der Waals surface area contributed by atoms with Gasteiger partial charge in [-0.15, -0.1) is 0 Å². The Morgan fingerprint density at radius 1 is 1.65 bits per heavy atom. The van der Waals surface area contributed by atoms with E-state index >= 15 is 0 Å². The molecule has 3 N–H and O–H groups in total. The van der Waals surface area contributed by atoms with Gasteiger partial charge >= 0.3 is 0 Å². The number of nitrogens with one attached hydrogen (secondary N) is 1. The molecule has 0 amide bonds. The number of aryl methyl sites for hydroxylation is 1. The van der Waals surface area contributed by atoms with Crippen molar-refractivity contribution >= 4 is 11.6 Å². The minimum absolute atomic E-state index is 0.202. The molecule has 0 spiro atoms. The van der Waals surface area contributed by atoms with E-state index in [0.717, 1.165) is 24.1 Å². The van der Waals surface area contributed by atoms with Crippen molar-refractivity contribution in [1.82, 2.24) is 15.2 Å². The number of aromatic nitrogens is 2. The predicted octanol–water partition coefficient (Wildman–Crippen LogP) is 2.09. The maximum atomic E-state index is 5.94. The van der Waals surface area contributed by atoms with E-state index in [9.17, 15) is 0 Å². The van der Waals surface area contributed by atoms with Gasteiger partial charge in [0.15, 0.2) is 5.22 Å². The molecule has 0 aromatic carbocycles. The Morgan fingerprint density at radius 3 is 3.06 bits per heavy atom. The normalized spacial score (nSPS) is 12.9. The van der Waals surface area contributed by atoms with Crippen molar-refractivity contribution in [2.75, 3.05) is 0 Å². The third-order valence-electron chi connectivity index (χ3n) is 2.56. The van der Waals surface area contributed by atoms with Crippen molar-refractivity contribution < 1.29 is 4.42 Å². The van der Waals surface area contributed by atoms with Crippen LogP contribution in [0.15, 0.2) is 29.1 Å². The summed E-state index contributed by atoms with van der Waals surface area (Å²) in [5, 5.41) is 4.61. The van der Waals surface area contributed by atoms with Gasteiger partial charge in [-0.3, -0.25) is 10.5 Å². The van der Waals surface area contributed by atoms with Crippen molar-refractivity contribution in [2.24, 2.45) is 5.84 Å².